The van der Waals surface area contributed by atoms with Crippen molar-refractivity contribution in [2.75, 3.05) is 26.3 Å². The maximum absolute atomic E-state index is 12.0. The lowest BCUT2D eigenvalue weighted by Gasteiger charge is -2.21. The Labute approximate surface area is 98.4 Å². The predicted molar refractivity (Wildman–Crippen MR) is 59.8 cm³/mol. The molecule has 0 bridgehead atoms. The van der Waals surface area contributed by atoms with E-state index >= 15 is 0 Å². The van der Waals surface area contributed by atoms with Gasteiger partial charge in [0.2, 0.25) is 0 Å². The summed E-state index contributed by atoms with van der Waals surface area (Å²) in [5.41, 5.74) is -0.227. The summed E-state index contributed by atoms with van der Waals surface area (Å²) in [5, 5.41) is 36.6. The van der Waals surface area contributed by atoms with E-state index in [9.17, 15) is 15.0 Å². The van der Waals surface area contributed by atoms with Gasteiger partial charge in [0.25, 0.3) is 5.91 Å². The Hall–Kier alpha value is -1.79. The van der Waals surface area contributed by atoms with Crippen LogP contribution in [-0.4, -0.2) is 57.5 Å². The number of phenolic OH excluding ortho intramolecular Hbond substituents is 2. The molecule has 6 nitrogen and oxygen atoms in total. The highest BCUT2D eigenvalue weighted by Gasteiger charge is 2.21. The van der Waals surface area contributed by atoms with Gasteiger partial charge in [0.15, 0.2) is 0 Å². The van der Waals surface area contributed by atoms with Crippen molar-refractivity contribution in [3.05, 3.63) is 23.8 Å². The molecule has 6 heteroatoms. The number of hydrogen-bond donors (Lipinski definition) is 4. The quantitative estimate of drug-likeness (QED) is 0.558. The Morgan fingerprint density at radius 1 is 1.06 bits per heavy atom. The lowest BCUT2D eigenvalue weighted by Crippen LogP contribution is -2.35. The van der Waals surface area contributed by atoms with Crippen molar-refractivity contribution in [1.29, 1.82) is 0 Å². The largest absolute Gasteiger partial charge is 0.507 e. The van der Waals surface area contributed by atoms with Gasteiger partial charge < -0.3 is 25.3 Å². The molecule has 0 fully saturated rings. The Morgan fingerprint density at radius 3 is 1.94 bits per heavy atom. The normalized spacial score (nSPS) is 10.2. The topological polar surface area (TPSA) is 101 Å². The van der Waals surface area contributed by atoms with Gasteiger partial charge in [-0.1, -0.05) is 6.07 Å². The van der Waals surface area contributed by atoms with Crippen LogP contribution in [0.5, 0.6) is 11.5 Å². The van der Waals surface area contributed by atoms with E-state index in [0.29, 0.717) is 0 Å². The molecule has 1 rings (SSSR count). The maximum Gasteiger partial charge on any atom is 0.261 e. The van der Waals surface area contributed by atoms with Crippen molar-refractivity contribution in [1.82, 2.24) is 4.90 Å². The average molecular weight is 241 g/mol. The number of carbonyl (C=O) groups is 1. The molecule has 0 heterocycles. The highest BCUT2D eigenvalue weighted by molar-refractivity contribution is 5.99. The van der Waals surface area contributed by atoms with Gasteiger partial charge in [0, 0.05) is 13.1 Å². The molecule has 0 spiro atoms. The molecular weight excluding hydrogens is 226 g/mol. The molecule has 0 aromatic heterocycles. The van der Waals surface area contributed by atoms with E-state index in [1.54, 1.807) is 0 Å². The fourth-order valence-electron chi connectivity index (χ4n) is 1.46. The van der Waals surface area contributed by atoms with Gasteiger partial charge in [-0.2, -0.15) is 0 Å². The van der Waals surface area contributed by atoms with Crippen molar-refractivity contribution in [3.8, 4) is 11.5 Å². The monoisotopic (exact) mass is 241 g/mol. The number of hydrogen-bond acceptors (Lipinski definition) is 5. The highest BCUT2D eigenvalue weighted by Crippen LogP contribution is 2.27. The van der Waals surface area contributed by atoms with Crippen LogP contribution in [0.15, 0.2) is 18.2 Å². The summed E-state index contributed by atoms with van der Waals surface area (Å²) in [6.45, 7) is -0.486. The van der Waals surface area contributed by atoms with Crippen molar-refractivity contribution >= 4 is 5.91 Å². The Bertz CT molecular complexity index is 367. The predicted octanol–water partition coefficient (Wildman–Crippen LogP) is -0.475. The first-order chi connectivity index (χ1) is 8.11. The minimum absolute atomic E-state index is 0.0210. The summed E-state index contributed by atoms with van der Waals surface area (Å²) >= 11 is 0. The minimum Gasteiger partial charge on any atom is -0.507 e. The Kier molecular flexibility index (Phi) is 4.74. The van der Waals surface area contributed by atoms with Crippen LogP contribution in [0, 0.1) is 0 Å². The van der Waals surface area contributed by atoms with E-state index in [4.69, 9.17) is 10.2 Å². The van der Waals surface area contributed by atoms with Gasteiger partial charge in [-0.15, -0.1) is 0 Å². The van der Waals surface area contributed by atoms with E-state index in [1.165, 1.54) is 18.2 Å². The lowest BCUT2D eigenvalue weighted by atomic mass is 10.1. The molecule has 0 saturated heterocycles. The summed E-state index contributed by atoms with van der Waals surface area (Å²) in [6.07, 6.45) is 0. The van der Waals surface area contributed by atoms with Crippen molar-refractivity contribution in [2.24, 2.45) is 0 Å². The molecule has 0 aliphatic heterocycles. The van der Waals surface area contributed by atoms with E-state index in [2.05, 4.69) is 0 Å². The first-order valence-corrected chi connectivity index (χ1v) is 5.13. The number of aromatic hydroxyl groups is 2. The van der Waals surface area contributed by atoms with Crippen LogP contribution < -0.4 is 0 Å². The number of rotatable bonds is 5. The van der Waals surface area contributed by atoms with Gasteiger partial charge in [-0.3, -0.25) is 4.79 Å². The molecule has 94 valence electrons. The van der Waals surface area contributed by atoms with Gasteiger partial charge in [0.05, 0.1) is 13.2 Å². The molecule has 1 aromatic carbocycles. The lowest BCUT2D eigenvalue weighted by molar-refractivity contribution is 0.0678. The zero-order valence-electron chi connectivity index (χ0n) is 9.20. The van der Waals surface area contributed by atoms with Crippen molar-refractivity contribution < 1.29 is 25.2 Å². The summed E-state index contributed by atoms with van der Waals surface area (Å²) in [7, 11) is 0. The Morgan fingerprint density at radius 2 is 1.53 bits per heavy atom. The number of aliphatic hydroxyl groups excluding tert-OH is 2. The van der Waals surface area contributed by atoms with Crippen LogP contribution in [0.25, 0.3) is 0 Å². The fraction of sp³-hybridized carbons (Fsp3) is 0.364. The van der Waals surface area contributed by atoms with Crippen LogP contribution in [0.3, 0.4) is 0 Å². The van der Waals surface area contributed by atoms with Gasteiger partial charge >= 0.3 is 0 Å². The van der Waals surface area contributed by atoms with Crippen LogP contribution >= 0.6 is 0 Å². The molecule has 4 N–H and O–H groups in total. The van der Waals surface area contributed by atoms with E-state index < -0.39 is 5.91 Å². The number of amides is 1. The summed E-state index contributed by atoms with van der Waals surface area (Å²) in [5.74, 6) is -1.31. The van der Waals surface area contributed by atoms with Gasteiger partial charge in [0.1, 0.15) is 17.1 Å². The first-order valence-electron chi connectivity index (χ1n) is 5.13. The van der Waals surface area contributed by atoms with Crippen molar-refractivity contribution in [3.63, 3.8) is 0 Å². The number of carbonyl (C=O) groups excluding carboxylic acids is 1. The van der Waals surface area contributed by atoms with Crippen LogP contribution in [0.4, 0.5) is 0 Å². The standard InChI is InChI=1S/C11H15NO5/c13-6-4-12(5-7-14)11(17)10-8(15)2-1-3-9(10)16/h1-3,13-16H,4-7H2. The minimum atomic E-state index is -0.635. The number of aliphatic hydroxyl groups is 2. The maximum atomic E-state index is 12.0. The zero-order valence-corrected chi connectivity index (χ0v) is 9.20. The SMILES string of the molecule is O=C(c1c(O)cccc1O)N(CCO)CCO. The third kappa shape index (κ3) is 3.08. The molecule has 0 saturated carbocycles. The molecule has 0 atom stereocenters. The average Bonchev–Trinajstić information content (AvgIpc) is 2.28. The van der Waals surface area contributed by atoms with E-state index in [0.717, 1.165) is 4.90 Å². The second-order valence-electron chi connectivity index (χ2n) is 3.41. The number of benzene rings is 1. The van der Waals surface area contributed by atoms with Crippen molar-refractivity contribution in [2.45, 2.75) is 0 Å². The summed E-state index contributed by atoms with van der Waals surface area (Å²) in [6, 6.07) is 3.97. The molecule has 1 aromatic rings. The second kappa shape index (κ2) is 6.07. The zero-order chi connectivity index (χ0) is 12.8. The van der Waals surface area contributed by atoms with Gasteiger partial charge in [-0.25, -0.2) is 0 Å². The molecule has 0 radical (unpaired) electrons. The number of nitrogens with zero attached hydrogens (tertiary/aromatic N) is 1. The highest BCUT2D eigenvalue weighted by atomic mass is 16.3. The molecule has 0 aliphatic rings. The summed E-state index contributed by atoms with van der Waals surface area (Å²) < 4.78 is 0. The summed E-state index contributed by atoms with van der Waals surface area (Å²) in [4.78, 5) is 13.1. The smallest absolute Gasteiger partial charge is 0.261 e. The van der Waals surface area contributed by atoms with Crippen LogP contribution in [0.2, 0.25) is 0 Å². The van der Waals surface area contributed by atoms with Crippen LogP contribution in [-0.2, 0) is 0 Å². The third-order valence-electron chi connectivity index (χ3n) is 2.26. The molecule has 17 heavy (non-hydrogen) atoms. The van der Waals surface area contributed by atoms with E-state index in [1.807, 2.05) is 0 Å². The Balaban J connectivity index is 3.00. The molecule has 0 aliphatic carbocycles. The third-order valence-corrected chi connectivity index (χ3v) is 2.26. The molecule has 0 unspecified atom stereocenters. The first kappa shape index (κ1) is 13.3. The second-order valence-corrected chi connectivity index (χ2v) is 3.41. The van der Waals surface area contributed by atoms with Gasteiger partial charge in [-0.05, 0) is 12.1 Å². The number of phenols is 2. The molecular formula is C11H15NO5. The fourth-order valence-corrected chi connectivity index (χ4v) is 1.46. The molecule has 1 amide bonds. The van der Waals surface area contributed by atoms with Crippen LogP contribution in [0.1, 0.15) is 10.4 Å². The van der Waals surface area contributed by atoms with E-state index in [-0.39, 0.29) is 43.4 Å².